The van der Waals surface area contributed by atoms with Gasteiger partial charge in [-0.25, -0.2) is 8.42 Å². The minimum Gasteiger partial charge on any atom is -0.345 e. The third-order valence-electron chi connectivity index (χ3n) is 5.01. The molecule has 0 spiro atoms. The molecular formula is C16H21ClN2O3S. The van der Waals surface area contributed by atoms with Gasteiger partial charge in [0.25, 0.3) is 0 Å². The van der Waals surface area contributed by atoms with Crippen LogP contribution in [0.3, 0.4) is 0 Å². The van der Waals surface area contributed by atoms with Crippen molar-refractivity contribution in [3.8, 4) is 0 Å². The van der Waals surface area contributed by atoms with E-state index in [1.165, 1.54) is 4.31 Å². The van der Waals surface area contributed by atoms with Crippen molar-refractivity contribution in [1.29, 1.82) is 0 Å². The molecular weight excluding hydrogens is 336 g/mol. The molecule has 3 rings (SSSR count). The van der Waals surface area contributed by atoms with Gasteiger partial charge < -0.3 is 4.90 Å². The number of carbonyl (C=O) groups is 1. The van der Waals surface area contributed by atoms with Crippen LogP contribution in [0.5, 0.6) is 0 Å². The van der Waals surface area contributed by atoms with Crippen LogP contribution in [0.4, 0.5) is 0 Å². The van der Waals surface area contributed by atoms with E-state index in [1.807, 2.05) is 0 Å². The van der Waals surface area contributed by atoms with Crippen molar-refractivity contribution in [1.82, 2.24) is 9.21 Å². The van der Waals surface area contributed by atoms with Crippen molar-refractivity contribution in [2.45, 2.75) is 25.2 Å². The Labute approximate surface area is 142 Å². The summed E-state index contributed by atoms with van der Waals surface area (Å²) in [6, 6.07) is 3.31. The molecule has 2 heterocycles. The Bertz CT molecular complexity index is 763. The van der Waals surface area contributed by atoms with Crippen LogP contribution in [0.1, 0.15) is 17.5 Å². The van der Waals surface area contributed by atoms with E-state index in [9.17, 15) is 13.2 Å². The highest BCUT2D eigenvalue weighted by molar-refractivity contribution is 7.89. The topological polar surface area (TPSA) is 57.7 Å². The number of carbonyl (C=O) groups excluding carboxylic acids is 1. The van der Waals surface area contributed by atoms with Crippen LogP contribution in [0.15, 0.2) is 17.0 Å². The molecule has 0 N–H and O–H groups in total. The Morgan fingerprint density at radius 3 is 2.57 bits per heavy atom. The summed E-state index contributed by atoms with van der Waals surface area (Å²) in [6.45, 7) is 4.95. The highest BCUT2D eigenvalue weighted by Crippen LogP contribution is 2.36. The first-order valence-corrected chi connectivity index (χ1v) is 9.55. The first-order valence-electron chi connectivity index (χ1n) is 7.73. The molecule has 2 aliphatic heterocycles. The molecule has 0 aromatic heterocycles. The van der Waals surface area contributed by atoms with Crippen molar-refractivity contribution < 1.29 is 13.2 Å². The maximum absolute atomic E-state index is 13.0. The fourth-order valence-electron chi connectivity index (χ4n) is 3.52. The molecule has 0 radical (unpaired) electrons. The minimum atomic E-state index is -3.60. The number of hydrogen-bond donors (Lipinski definition) is 0. The molecule has 1 aromatic rings. The maximum Gasteiger partial charge on any atom is 0.243 e. The predicted molar refractivity (Wildman–Crippen MR) is 88.9 cm³/mol. The van der Waals surface area contributed by atoms with E-state index in [0.29, 0.717) is 28.6 Å². The summed E-state index contributed by atoms with van der Waals surface area (Å²) in [7, 11) is -1.82. The van der Waals surface area contributed by atoms with E-state index < -0.39 is 10.0 Å². The highest BCUT2D eigenvalue weighted by atomic mass is 35.5. The third kappa shape index (κ3) is 2.77. The fraction of sp³-hybridized carbons (Fsp3) is 0.562. The zero-order valence-electron chi connectivity index (χ0n) is 13.5. The van der Waals surface area contributed by atoms with Gasteiger partial charge in [0, 0.05) is 31.7 Å². The largest absolute Gasteiger partial charge is 0.345 e. The van der Waals surface area contributed by atoms with Gasteiger partial charge in [0.15, 0.2) is 0 Å². The van der Waals surface area contributed by atoms with Gasteiger partial charge in [0.1, 0.15) is 0 Å². The van der Waals surface area contributed by atoms with Crippen molar-refractivity contribution in [2.75, 3.05) is 26.7 Å². The lowest BCUT2D eigenvalue weighted by atomic mass is 9.88. The predicted octanol–water partition coefficient (Wildman–Crippen LogP) is 2.06. The zero-order chi connectivity index (χ0) is 16.9. The smallest absolute Gasteiger partial charge is 0.243 e. The van der Waals surface area contributed by atoms with E-state index in [1.54, 1.807) is 37.9 Å². The second kappa shape index (κ2) is 5.76. The van der Waals surface area contributed by atoms with Gasteiger partial charge in [-0.1, -0.05) is 11.6 Å². The Morgan fingerprint density at radius 2 is 1.87 bits per heavy atom. The van der Waals surface area contributed by atoms with Crippen LogP contribution in [-0.4, -0.2) is 50.2 Å². The Morgan fingerprint density at radius 1 is 1.17 bits per heavy atom. The molecule has 0 bridgehead atoms. The zero-order valence-corrected chi connectivity index (χ0v) is 15.1. The van der Waals surface area contributed by atoms with Crippen molar-refractivity contribution in [3.05, 3.63) is 28.3 Å². The number of likely N-dealkylation sites (tertiary alicyclic amines) is 1. The SMILES string of the molecule is Cc1cc(S(=O)(=O)N2C[C@H]3CCN(C)C(=O)[C@H]3C2)c(C)cc1Cl. The Balaban J connectivity index is 1.93. The van der Waals surface area contributed by atoms with Gasteiger partial charge >= 0.3 is 0 Å². The Kier molecular flexibility index (Phi) is 4.19. The number of nitrogens with zero attached hydrogens (tertiary/aromatic N) is 2. The number of fused-ring (bicyclic) bond motifs is 1. The van der Waals surface area contributed by atoms with Crippen molar-refractivity contribution in [2.24, 2.45) is 11.8 Å². The number of benzene rings is 1. The lowest BCUT2D eigenvalue weighted by Gasteiger charge is -2.30. The lowest BCUT2D eigenvalue weighted by Crippen LogP contribution is -2.42. The third-order valence-corrected chi connectivity index (χ3v) is 7.39. The summed E-state index contributed by atoms with van der Waals surface area (Å²) in [5.41, 5.74) is 1.38. The van der Waals surface area contributed by atoms with Crippen LogP contribution in [0.25, 0.3) is 0 Å². The maximum atomic E-state index is 13.0. The van der Waals surface area contributed by atoms with Gasteiger partial charge in [-0.3, -0.25) is 4.79 Å². The number of sulfonamides is 1. The summed E-state index contributed by atoms with van der Waals surface area (Å²) in [5, 5.41) is 0.563. The summed E-state index contributed by atoms with van der Waals surface area (Å²) in [4.78, 5) is 14.3. The van der Waals surface area contributed by atoms with Crippen LogP contribution in [0.2, 0.25) is 5.02 Å². The summed E-state index contributed by atoms with van der Waals surface area (Å²) in [5.74, 6) is -0.0256. The van der Waals surface area contributed by atoms with Crippen LogP contribution >= 0.6 is 11.6 Å². The molecule has 2 saturated heterocycles. The standard InChI is InChI=1S/C16H21ClN2O3S/c1-10-7-15(11(2)6-14(10)17)23(21,22)19-8-12-4-5-18(3)16(20)13(12)9-19/h6-7,12-13H,4-5,8-9H2,1-3H3/t12-,13+/m1/s1. The monoisotopic (exact) mass is 356 g/mol. The second-order valence-corrected chi connectivity index (χ2v) is 8.92. The van der Waals surface area contributed by atoms with Crippen molar-refractivity contribution in [3.63, 3.8) is 0 Å². The van der Waals surface area contributed by atoms with Gasteiger partial charge in [-0.05, 0) is 49.4 Å². The molecule has 7 heteroatoms. The quantitative estimate of drug-likeness (QED) is 0.815. The van der Waals surface area contributed by atoms with Gasteiger partial charge in [0.2, 0.25) is 15.9 Å². The summed E-state index contributed by atoms with van der Waals surface area (Å²) >= 11 is 6.07. The number of hydrogen-bond acceptors (Lipinski definition) is 3. The van der Waals surface area contributed by atoms with E-state index in [4.69, 9.17) is 11.6 Å². The molecule has 5 nitrogen and oxygen atoms in total. The van der Waals surface area contributed by atoms with Gasteiger partial charge in [-0.15, -0.1) is 0 Å². The number of aryl methyl sites for hydroxylation is 2. The Hall–Kier alpha value is -1.11. The van der Waals surface area contributed by atoms with Crippen LogP contribution in [0, 0.1) is 25.7 Å². The molecule has 1 amide bonds. The number of rotatable bonds is 2. The summed E-state index contributed by atoms with van der Waals surface area (Å²) < 4.78 is 27.5. The number of piperidine rings is 1. The number of halogens is 1. The van der Waals surface area contributed by atoms with Gasteiger partial charge in [0.05, 0.1) is 10.8 Å². The van der Waals surface area contributed by atoms with Gasteiger partial charge in [-0.2, -0.15) is 4.31 Å². The molecule has 23 heavy (non-hydrogen) atoms. The molecule has 1 aromatic carbocycles. The minimum absolute atomic E-state index is 0.0583. The average molecular weight is 357 g/mol. The molecule has 2 aliphatic rings. The molecule has 2 atom stereocenters. The molecule has 2 fully saturated rings. The molecule has 0 saturated carbocycles. The van der Waals surface area contributed by atoms with E-state index >= 15 is 0 Å². The fourth-order valence-corrected chi connectivity index (χ4v) is 5.56. The first-order chi connectivity index (χ1) is 10.7. The van der Waals surface area contributed by atoms with Crippen molar-refractivity contribution >= 4 is 27.5 Å². The first kappa shape index (κ1) is 16.7. The highest BCUT2D eigenvalue weighted by Gasteiger charge is 2.45. The normalized spacial score (nSPS) is 25.7. The van der Waals surface area contributed by atoms with E-state index in [0.717, 1.165) is 12.0 Å². The second-order valence-electron chi connectivity index (χ2n) is 6.60. The average Bonchev–Trinajstić information content (AvgIpc) is 2.92. The summed E-state index contributed by atoms with van der Waals surface area (Å²) in [6.07, 6.45) is 0.859. The lowest BCUT2D eigenvalue weighted by molar-refractivity contribution is -0.137. The number of amides is 1. The van der Waals surface area contributed by atoms with Crippen LogP contribution < -0.4 is 0 Å². The molecule has 0 aliphatic carbocycles. The van der Waals surface area contributed by atoms with E-state index in [2.05, 4.69) is 0 Å². The van der Waals surface area contributed by atoms with E-state index in [-0.39, 0.29) is 24.3 Å². The van der Waals surface area contributed by atoms with Crippen LogP contribution in [-0.2, 0) is 14.8 Å². The molecule has 126 valence electrons. The molecule has 0 unspecified atom stereocenters.